The van der Waals surface area contributed by atoms with Crippen molar-refractivity contribution in [2.75, 3.05) is 39.3 Å². The monoisotopic (exact) mass is 405 g/mol. The minimum absolute atomic E-state index is 0.207. The molecule has 4 nitrogen and oxygen atoms in total. The van der Waals surface area contributed by atoms with Gasteiger partial charge in [0.2, 0.25) is 0 Å². The van der Waals surface area contributed by atoms with Crippen LogP contribution in [0.3, 0.4) is 0 Å². The Kier molecular flexibility index (Phi) is 8.10. The summed E-state index contributed by atoms with van der Waals surface area (Å²) in [6, 6.07) is 4.39. The molecule has 0 bridgehead atoms. The van der Waals surface area contributed by atoms with Crippen LogP contribution in [0.5, 0.6) is 11.5 Å². The van der Waals surface area contributed by atoms with Crippen LogP contribution in [0, 0.1) is 5.92 Å². The summed E-state index contributed by atoms with van der Waals surface area (Å²) in [4.78, 5) is 15.4. The molecule has 2 aliphatic heterocycles. The quantitative estimate of drug-likeness (QED) is 0.518. The second-order valence-corrected chi connectivity index (χ2v) is 9.07. The van der Waals surface area contributed by atoms with E-state index in [0.717, 1.165) is 37.4 Å². The van der Waals surface area contributed by atoms with Crippen LogP contribution in [0.25, 0.3) is 0 Å². The number of rotatable bonds is 10. The first-order chi connectivity index (χ1) is 13.7. The maximum absolute atomic E-state index is 12.9. The van der Waals surface area contributed by atoms with Crippen LogP contribution in [-0.2, 0) is 11.2 Å². The summed E-state index contributed by atoms with van der Waals surface area (Å²) in [5, 5.41) is 0. The Morgan fingerprint density at radius 1 is 1.07 bits per heavy atom. The summed E-state index contributed by atoms with van der Waals surface area (Å²) in [6.45, 7) is 1.95. The number of hydrogen-bond acceptors (Lipinski definition) is 5. The third-order valence-electron chi connectivity index (χ3n) is 6.32. The molecule has 0 N–H and O–H groups in total. The van der Waals surface area contributed by atoms with Crippen LogP contribution in [-0.4, -0.2) is 50.0 Å². The molecule has 1 saturated heterocycles. The van der Waals surface area contributed by atoms with Crippen LogP contribution in [0.2, 0.25) is 0 Å². The Labute approximate surface area is 174 Å². The number of unbranched alkanes of at least 4 members (excludes halogenated alkanes) is 4. The number of methoxy groups -OCH3 is 2. The Morgan fingerprint density at radius 2 is 1.79 bits per heavy atom. The lowest BCUT2D eigenvalue weighted by molar-refractivity contribution is -0.129. The zero-order valence-electron chi connectivity index (χ0n) is 17.7. The highest BCUT2D eigenvalue weighted by molar-refractivity contribution is 7.98. The van der Waals surface area contributed by atoms with Gasteiger partial charge in [-0.3, -0.25) is 9.69 Å². The Morgan fingerprint density at radius 3 is 2.54 bits per heavy atom. The van der Waals surface area contributed by atoms with E-state index in [-0.39, 0.29) is 12.0 Å². The number of carbonyl (C=O) groups is 1. The lowest BCUT2D eigenvalue weighted by atomic mass is 9.81. The molecular weight excluding hydrogens is 370 g/mol. The molecule has 2 atom stereocenters. The third kappa shape index (κ3) is 5.04. The molecule has 0 unspecified atom stereocenters. The Balaban J connectivity index is 1.56. The van der Waals surface area contributed by atoms with E-state index in [1.807, 2.05) is 11.8 Å². The van der Waals surface area contributed by atoms with Gasteiger partial charge < -0.3 is 9.47 Å². The van der Waals surface area contributed by atoms with E-state index in [1.54, 1.807) is 14.2 Å². The Hall–Kier alpha value is -1.20. The van der Waals surface area contributed by atoms with Gasteiger partial charge in [-0.1, -0.05) is 25.7 Å². The normalized spacial score (nSPS) is 21.9. The number of ketones is 1. The first-order valence-corrected chi connectivity index (χ1v) is 12.1. The molecule has 1 aromatic rings. The highest BCUT2D eigenvalue weighted by atomic mass is 32.2. The van der Waals surface area contributed by atoms with Crippen molar-refractivity contribution in [1.29, 1.82) is 0 Å². The highest BCUT2D eigenvalue weighted by Crippen LogP contribution is 2.42. The lowest BCUT2D eigenvalue weighted by Gasteiger charge is -2.43. The number of Topliss-reactive ketones (excluding diaryl/α,β-unsaturated/α-hetero) is 1. The summed E-state index contributed by atoms with van der Waals surface area (Å²) in [5.41, 5.74) is 2.56. The molecule has 3 rings (SSSR count). The van der Waals surface area contributed by atoms with Gasteiger partial charge in [-0.25, -0.2) is 0 Å². The van der Waals surface area contributed by atoms with Gasteiger partial charge in [0.1, 0.15) is 5.78 Å². The summed E-state index contributed by atoms with van der Waals surface area (Å²) < 4.78 is 11.0. The number of ether oxygens (including phenoxy) is 2. The summed E-state index contributed by atoms with van der Waals surface area (Å²) in [7, 11) is 3.35. The van der Waals surface area contributed by atoms with E-state index in [0.29, 0.717) is 12.2 Å². The van der Waals surface area contributed by atoms with Gasteiger partial charge in [-0.2, -0.15) is 11.8 Å². The minimum atomic E-state index is 0.207. The van der Waals surface area contributed by atoms with Gasteiger partial charge in [-0.05, 0) is 54.5 Å². The van der Waals surface area contributed by atoms with Crippen molar-refractivity contribution in [3.8, 4) is 11.5 Å². The molecule has 0 aliphatic carbocycles. The first-order valence-electron chi connectivity index (χ1n) is 10.7. The number of piperidine rings is 1. The minimum Gasteiger partial charge on any atom is -0.493 e. The molecule has 28 heavy (non-hydrogen) atoms. The fourth-order valence-corrected chi connectivity index (χ4v) is 5.19. The molecule has 1 fully saturated rings. The number of nitrogens with zero attached hydrogens (tertiary/aromatic N) is 1. The highest BCUT2D eigenvalue weighted by Gasteiger charge is 2.38. The molecule has 5 heteroatoms. The molecule has 0 amide bonds. The Bertz CT molecular complexity index is 663. The molecule has 156 valence electrons. The maximum atomic E-state index is 12.9. The van der Waals surface area contributed by atoms with Gasteiger partial charge in [0.15, 0.2) is 11.5 Å². The van der Waals surface area contributed by atoms with E-state index in [4.69, 9.17) is 9.47 Å². The molecule has 2 heterocycles. The van der Waals surface area contributed by atoms with Crippen molar-refractivity contribution in [3.63, 3.8) is 0 Å². The summed E-state index contributed by atoms with van der Waals surface area (Å²) >= 11 is 1.93. The fraction of sp³-hybridized carbons (Fsp3) is 0.696. The summed E-state index contributed by atoms with van der Waals surface area (Å²) in [6.07, 6.45) is 11.3. The molecule has 0 saturated carbocycles. The van der Waals surface area contributed by atoms with E-state index >= 15 is 0 Å². The van der Waals surface area contributed by atoms with Crippen molar-refractivity contribution >= 4 is 17.5 Å². The molecule has 2 aliphatic rings. The average Bonchev–Trinajstić information content (AvgIpc) is 2.72. The van der Waals surface area contributed by atoms with Gasteiger partial charge in [0.05, 0.1) is 14.2 Å². The van der Waals surface area contributed by atoms with Gasteiger partial charge >= 0.3 is 0 Å². The molecule has 0 radical (unpaired) electrons. The van der Waals surface area contributed by atoms with E-state index in [9.17, 15) is 4.79 Å². The fourth-order valence-electron chi connectivity index (χ4n) is 4.70. The molecule has 0 aromatic heterocycles. The van der Waals surface area contributed by atoms with E-state index in [2.05, 4.69) is 23.3 Å². The number of fused-ring (bicyclic) bond motifs is 3. The van der Waals surface area contributed by atoms with Gasteiger partial charge in [0, 0.05) is 31.5 Å². The number of benzene rings is 1. The van der Waals surface area contributed by atoms with Crippen LogP contribution in [0.1, 0.15) is 62.1 Å². The van der Waals surface area contributed by atoms with Gasteiger partial charge in [-0.15, -0.1) is 0 Å². The standard InChI is InChI=1S/C23H35NO3S/c1-26-22-13-17-10-11-24-16-18(9-7-5-4-6-8-12-28-3)21(25)15-20(24)19(17)14-23(22)27-2/h13-14,18,20H,4-12,15-16H2,1-3H3/t18-,20-/m1/s1. The van der Waals surface area contributed by atoms with Crippen LogP contribution in [0.15, 0.2) is 12.1 Å². The smallest absolute Gasteiger partial charge is 0.161 e. The molecular formula is C23H35NO3S. The van der Waals surface area contributed by atoms with Crippen molar-refractivity contribution in [3.05, 3.63) is 23.3 Å². The first kappa shape index (κ1) is 21.5. The van der Waals surface area contributed by atoms with E-state index in [1.165, 1.54) is 49.0 Å². The number of carbonyl (C=O) groups excluding carboxylic acids is 1. The van der Waals surface area contributed by atoms with Crippen molar-refractivity contribution in [2.24, 2.45) is 5.92 Å². The van der Waals surface area contributed by atoms with Crippen LogP contribution in [0.4, 0.5) is 0 Å². The van der Waals surface area contributed by atoms with E-state index < -0.39 is 0 Å². The SMILES string of the molecule is COc1cc2c(cc1OC)[C@H]1CC(=O)[C@H](CCCCCCCSC)CN1CC2. The third-order valence-corrected chi connectivity index (χ3v) is 7.02. The molecule has 1 aromatic carbocycles. The number of thioether (sulfide) groups is 1. The largest absolute Gasteiger partial charge is 0.493 e. The second kappa shape index (κ2) is 10.5. The van der Waals surface area contributed by atoms with Gasteiger partial charge in [0.25, 0.3) is 0 Å². The second-order valence-electron chi connectivity index (χ2n) is 8.08. The number of hydrogen-bond donors (Lipinski definition) is 0. The predicted molar refractivity (Wildman–Crippen MR) is 117 cm³/mol. The average molecular weight is 406 g/mol. The lowest BCUT2D eigenvalue weighted by Crippen LogP contribution is -2.46. The van der Waals surface area contributed by atoms with Crippen LogP contribution < -0.4 is 9.47 Å². The topological polar surface area (TPSA) is 38.8 Å². The zero-order chi connectivity index (χ0) is 19.9. The van der Waals surface area contributed by atoms with Crippen molar-refractivity contribution in [1.82, 2.24) is 4.90 Å². The molecule has 0 spiro atoms. The van der Waals surface area contributed by atoms with Crippen molar-refractivity contribution < 1.29 is 14.3 Å². The predicted octanol–water partition coefficient (Wildman–Crippen LogP) is 4.90. The zero-order valence-corrected chi connectivity index (χ0v) is 18.5. The van der Waals surface area contributed by atoms with Crippen LogP contribution >= 0.6 is 11.8 Å². The van der Waals surface area contributed by atoms with Crippen molar-refractivity contribution in [2.45, 2.75) is 57.4 Å². The maximum Gasteiger partial charge on any atom is 0.161 e. The summed E-state index contributed by atoms with van der Waals surface area (Å²) in [5.74, 6) is 3.50.